The summed E-state index contributed by atoms with van der Waals surface area (Å²) >= 11 is 3.14. The van der Waals surface area contributed by atoms with Gasteiger partial charge >= 0.3 is 0 Å². The lowest BCUT2D eigenvalue weighted by Gasteiger charge is -2.23. The van der Waals surface area contributed by atoms with Gasteiger partial charge in [0.25, 0.3) is 5.91 Å². The van der Waals surface area contributed by atoms with Gasteiger partial charge in [-0.1, -0.05) is 6.07 Å². The van der Waals surface area contributed by atoms with Crippen LogP contribution >= 0.6 is 22.7 Å². The minimum Gasteiger partial charge on any atom is -0.348 e. The van der Waals surface area contributed by atoms with Crippen LogP contribution < -0.4 is 10.6 Å². The summed E-state index contributed by atoms with van der Waals surface area (Å²) in [5, 5.41) is 9.40. The van der Waals surface area contributed by atoms with Gasteiger partial charge in [0.05, 0.1) is 10.6 Å². The Morgan fingerprint density at radius 2 is 2.25 bits per heavy atom. The highest BCUT2D eigenvalue weighted by Gasteiger charge is 2.20. The first-order valence-corrected chi connectivity index (χ1v) is 8.46. The minimum absolute atomic E-state index is 0.0229. The lowest BCUT2D eigenvalue weighted by molar-refractivity contribution is 0.0933. The normalized spacial score (nSPS) is 16.2. The van der Waals surface area contributed by atoms with Crippen LogP contribution in [0, 0.1) is 6.92 Å². The van der Waals surface area contributed by atoms with Crippen molar-refractivity contribution in [2.24, 2.45) is 0 Å². The van der Waals surface area contributed by atoms with E-state index in [0.29, 0.717) is 0 Å². The number of aromatic nitrogens is 1. The predicted octanol–water partition coefficient (Wildman–Crippen LogP) is 2.66. The summed E-state index contributed by atoms with van der Waals surface area (Å²) in [4.78, 5) is 18.7. The van der Waals surface area contributed by atoms with Crippen LogP contribution in [0.2, 0.25) is 0 Å². The van der Waals surface area contributed by atoms with E-state index >= 15 is 0 Å². The van der Waals surface area contributed by atoms with E-state index in [1.807, 2.05) is 24.4 Å². The van der Waals surface area contributed by atoms with Crippen molar-refractivity contribution in [1.29, 1.82) is 0 Å². The minimum atomic E-state index is 0.0229. The highest BCUT2D eigenvalue weighted by molar-refractivity contribution is 7.22. The molecule has 0 aromatic carbocycles. The zero-order valence-corrected chi connectivity index (χ0v) is 12.9. The van der Waals surface area contributed by atoms with Crippen molar-refractivity contribution in [3.8, 4) is 9.88 Å². The Labute approximate surface area is 126 Å². The number of rotatable bonds is 3. The number of nitrogens with one attached hydrogen (secondary N) is 2. The van der Waals surface area contributed by atoms with Gasteiger partial charge in [-0.3, -0.25) is 4.79 Å². The van der Waals surface area contributed by atoms with E-state index in [9.17, 15) is 4.79 Å². The van der Waals surface area contributed by atoms with Crippen LogP contribution in [-0.4, -0.2) is 30.0 Å². The molecule has 2 N–H and O–H groups in total. The summed E-state index contributed by atoms with van der Waals surface area (Å²) in [6.45, 7) is 3.87. The zero-order chi connectivity index (χ0) is 13.9. The number of nitrogens with zero attached hydrogens (tertiary/aromatic N) is 1. The number of carbonyl (C=O) groups is 1. The fourth-order valence-electron chi connectivity index (χ4n) is 2.33. The molecule has 1 saturated heterocycles. The van der Waals surface area contributed by atoms with Gasteiger partial charge in [0, 0.05) is 6.04 Å². The number of thiophene rings is 1. The number of amides is 1. The standard InChI is InChI=1S/C14H17N3OS2/c1-9-12(13(18)17-10-4-6-15-7-5-10)20-14(16-9)11-3-2-8-19-11/h2-3,8,10,15H,4-7H2,1H3,(H,17,18). The number of piperidine rings is 1. The van der Waals surface area contributed by atoms with Gasteiger partial charge in [0.15, 0.2) is 0 Å². The molecule has 106 valence electrons. The molecular formula is C14H17N3OS2. The van der Waals surface area contributed by atoms with Gasteiger partial charge in [-0.25, -0.2) is 4.98 Å². The van der Waals surface area contributed by atoms with Crippen molar-refractivity contribution < 1.29 is 4.79 Å². The smallest absolute Gasteiger partial charge is 0.263 e. The Bertz CT molecular complexity index is 586. The van der Waals surface area contributed by atoms with Crippen LogP contribution in [0.1, 0.15) is 28.2 Å². The van der Waals surface area contributed by atoms with Crippen LogP contribution in [0.3, 0.4) is 0 Å². The Morgan fingerprint density at radius 3 is 2.95 bits per heavy atom. The second-order valence-corrected chi connectivity index (χ2v) is 6.86. The molecule has 4 nitrogen and oxygen atoms in total. The second-order valence-electron chi connectivity index (χ2n) is 4.91. The molecule has 1 aliphatic heterocycles. The molecule has 3 heterocycles. The van der Waals surface area contributed by atoms with Gasteiger partial charge in [-0.2, -0.15) is 0 Å². The molecule has 1 fully saturated rings. The molecule has 0 unspecified atom stereocenters. The van der Waals surface area contributed by atoms with Crippen LogP contribution in [0.15, 0.2) is 17.5 Å². The fourth-order valence-corrected chi connectivity index (χ4v) is 4.10. The highest BCUT2D eigenvalue weighted by Crippen LogP contribution is 2.31. The highest BCUT2D eigenvalue weighted by atomic mass is 32.1. The lowest BCUT2D eigenvalue weighted by atomic mass is 10.1. The average molecular weight is 307 g/mol. The van der Waals surface area contributed by atoms with Crippen molar-refractivity contribution in [3.05, 3.63) is 28.1 Å². The third kappa shape index (κ3) is 2.92. The number of carbonyl (C=O) groups excluding carboxylic acids is 1. The maximum atomic E-state index is 12.4. The third-order valence-electron chi connectivity index (χ3n) is 3.41. The average Bonchev–Trinajstić information content (AvgIpc) is 3.08. The number of thiazole rings is 1. The van der Waals surface area contributed by atoms with Gasteiger partial charge in [0.2, 0.25) is 0 Å². The summed E-state index contributed by atoms with van der Waals surface area (Å²) in [7, 11) is 0. The molecule has 2 aromatic heterocycles. The van der Waals surface area contributed by atoms with E-state index in [-0.39, 0.29) is 11.9 Å². The molecule has 1 aliphatic rings. The molecule has 0 radical (unpaired) electrons. The zero-order valence-electron chi connectivity index (χ0n) is 11.3. The topological polar surface area (TPSA) is 54.0 Å². The largest absolute Gasteiger partial charge is 0.348 e. The van der Waals surface area contributed by atoms with Crippen molar-refractivity contribution >= 4 is 28.6 Å². The molecular weight excluding hydrogens is 290 g/mol. The lowest BCUT2D eigenvalue weighted by Crippen LogP contribution is -2.42. The Hall–Kier alpha value is -1.24. The maximum absolute atomic E-state index is 12.4. The van der Waals surface area contributed by atoms with E-state index in [0.717, 1.165) is 46.4 Å². The SMILES string of the molecule is Cc1nc(-c2cccs2)sc1C(=O)NC1CCNCC1. The van der Waals surface area contributed by atoms with Crippen molar-refractivity contribution in [1.82, 2.24) is 15.6 Å². The molecule has 1 amide bonds. The first-order valence-electron chi connectivity index (χ1n) is 6.77. The quantitative estimate of drug-likeness (QED) is 0.916. The van der Waals surface area contributed by atoms with E-state index in [2.05, 4.69) is 15.6 Å². The van der Waals surface area contributed by atoms with Crippen molar-refractivity contribution in [2.45, 2.75) is 25.8 Å². The number of hydrogen-bond acceptors (Lipinski definition) is 5. The predicted molar refractivity (Wildman–Crippen MR) is 83.5 cm³/mol. The Morgan fingerprint density at radius 1 is 1.45 bits per heavy atom. The molecule has 0 atom stereocenters. The van der Waals surface area contributed by atoms with E-state index < -0.39 is 0 Å². The van der Waals surface area contributed by atoms with E-state index in [4.69, 9.17) is 0 Å². The number of aryl methyl sites for hydroxylation is 1. The molecule has 0 spiro atoms. The van der Waals surface area contributed by atoms with Crippen LogP contribution in [0.25, 0.3) is 9.88 Å². The summed E-state index contributed by atoms with van der Waals surface area (Å²) in [6.07, 6.45) is 2.00. The molecule has 0 aliphatic carbocycles. The fraction of sp³-hybridized carbons (Fsp3) is 0.429. The summed E-state index contributed by atoms with van der Waals surface area (Å²) in [5.41, 5.74) is 0.824. The second kappa shape index (κ2) is 6.03. The van der Waals surface area contributed by atoms with E-state index in [1.165, 1.54) is 11.3 Å². The molecule has 0 bridgehead atoms. The summed E-state index contributed by atoms with van der Waals surface area (Å²) in [6, 6.07) is 4.33. The van der Waals surface area contributed by atoms with Gasteiger partial charge in [-0.15, -0.1) is 22.7 Å². The van der Waals surface area contributed by atoms with Gasteiger partial charge in [-0.05, 0) is 44.3 Å². The molecule has 3 rings (SSSR count). The summed E-state index contributed by atoms with van der Waals surface area (Å²) in [5.74, 6) is 0.0229. The monoisotopic (exact) mass is 307 g/mol. The first-order chi connectivity index (χ1) is 9.74. The number of hydrogen-bond donors (Lipinski definition) is 2. The molecule has 6 heteroatoms. The van der Waals surface area contributed by atoms with Crippen molar-refractivity contribution in [3.63, 3.8) is 0 Å². The summed E-state index contributed by atoms with van der Waals surface area (Å²) < 4.78 is 0. The molecule has 0 saturated carbocycles. The first kappa shape index (κ1) is 13.7. The Kier molecular flexibility index (Phi) is 4.14. The Balaban J connectivity index is 1.74. The van der Waals surface area contributed by atoms with Crippen LogP contribution in [0.5, 0.6) is 0 Å². The van der Waals surface area contributed by atoms with Crippen LogP contribution in [-0.2, 0) is 0 Å². The van der Waals surface area contributed by atoms with E-state index in [1.54, 1.807) is 11.3 Å². The third-order valence-corrected chi connectivity index (χ3v) is 5.60. The molecule has 2 aromatic rings. The molecule has 20 heavy (non-hydrogen) atoms. The van der Waals surface area contributed by atoms with Crippen molar-refractivity contribution in [2.75, 3.05) is 13.1 Å². The van der Waals surface area contributed by atoms with Crippen LogP contribution in [0.4, 0.5) is 0 Å². The maximum Gasteiger partial charge on any atom is 0.263 e. The van der Waals surface area contributed by atoms with Gasteiger partial charge in [0.1, 0.15) is 9.88 Å². The van der Waals surface area contributed by atoms with Gasteiger partial charge < -0.3 is 10.6 Å².